The van der Waals surface area contributed by atoms with Crippen LogP contribution in [-0.4, -0.2) is 52.2 Å². The first kappa shape index (κ1) is 21.8. The molecule has 1 unspecified atom stereocenters. The Bertz CT molecular complexity index is 1330. The quantitative estimate of drug-likeness (QED) is 0.222. The van der Waals surface area contributed by atoms with Crippen LogP contribution in [0.2, 0.25) is 10.4 Å². The molecule has 0 spiro atoms. The summed E-state index contributed by atoms with van der Waals surface area (Å²) < 4.78 is 22.7. The van der Waals surface area contributed by atoms with Gasteiger partial charge in [-0.05, 0) is 37.6 Å². The fourth-order valence-electron chi connectivity index (χ4n) is 3.15. The summed E-state index contributed by atoms with van der Waals surface area (Å²) in [5.74, 6) is -0.299. The van der Waals surface area contributed by atoms with Gasteiger partial charge in [-0.2, -0.15) is 10.1 Å². The monoisotopic (exact) mass is 480 g/mol. The van der Waals surface area contributed by atoms with Crippen molar-refractivity contribution in [2.24, 2.45) is 0 Å². The minimum Gasteiger partial charge on any atom is -0.469 e. The van der Waals surface area contributed by atoms with Crippen LogP contribution in [0, 0.1) is 24.0 Å². The number of aromatic nitrogens is 7. The van der Waals surface area contributed by atoms with Gasteiger partial charge in [0.1, 0.15) is 12.3 Å². The molecule has 166 valence electrons. The maximum absolute atomic E-state index is 14.7. The van der Waals surface area contributed by atoms with E-state index < -0.39 is 17.7 Å². The zero-order chi connectivity index (χ0) is 23.0. The van der Waals surface area contributed by atoms with Gasteiger partial charge < -0.3 is 4.74 Å². The summed E-state index contributed by atoms with van der Waals surface area (Å²) >= 11 is 11.8. The van der Waals surface area contributed by atoms with E-state index in [1.54, 1.807) is 25.3 Å². The van der Waals surface area contributed by atoms with E-state index in [0.717, 1.165) is 0 Å². The van der Waals surface area contributed by atoms with Crippen LogP contribution >= 0.6 is 23.2 Å². The molecule has 0 aliphatic carbocycles. The molecule has 4 heterocycles. The lowest BCUT2D eigenvalue weighted by atomic mass is 10.3. The van der Waals surface area contributed by atoms with Crippen LogP contribution in [0.1, 0.15) is 11.4 Å². The molecule has 11 nitrogen and oxygen atoms in total. The molecule has 0 bridgehead atoms. The maximum atomic E-state index is 14.7. The predicted octanol–water partition coefficient (Wildman–Crippen LogP) is 3.66. The van der Waals surface area contributed by atoms with Crippen molar-refractivity contribution in [2.45, 2.75) is 26.6 Å². The van der Waals surface area contributed by atoms with E-state index in [-0.39, 0.29) is 39.9 Å². The number of alkyl halides is 1. The Morgan fingerprint density at radius 3 is 2.78 bits per heavy atom. The summed E-state index contributed by atoms with van der Waals surface area (Å²) in [6, 6.07) is 3.40. The van der Waals surface area contributed by atoms with E-state index in [1.165, 1.54) is 22.5 Å². The fraction of sp³-hybridized carbons (Fsp3) is 0.278. The first-order valence-corrected chi connectivity index (χ1v) is 9.99. The smallest absolute Gasteiger partial charge is 0.353 e. The molecule has 14 heteroatoms. The number of hydrogen-bond acceptors (Lipinski definition) is 8. The molecule has 0 aromatic carbocycles. The highest BCUT2D eigenvalue weighted by Crippen LogP contribution is 2.32. The molecule has 4 aromatic heterocycles. The van der Waals surface area contributed by atoms with E-state index in [9.17, 15) is 14.5 Å². The molecule has 0 aliphatic rings. The number of nitrogens with zero attached hydrogens (tertiary/aromatic N) is 8. The van der Waals surface area contributed by atoms with Gasteiger partial charge in [-0.3, -0.25) is 15.1 Å². The van der Waals surface area contributed by atoms with E-state index >= 15 is 0 Å². The molecule has 0 saturated carbocycles. The molecule has 0 radical (unpaired) electrons. The highest BCUT2D eigenvalue weighted by atomic mass is 35.5. The summed E-state index contributed by atoms with van der Waals surface area (Å²) in [7, 11) is 0. The van der Waals surface area contributed by atoms with Crippen LogP contribution in [0.3, 0.4) is 0 Å². The highest BCUT2D eigenvalue weighted by Gasteiger charge is 2.29. The number of hydrogen-bond donors (Lipinski definition) is 0. The van der Waals surface area contributed by atoms with Crippen LogP contribution < -0.4 is 4.74 Å². The number of ether oxygens (including phenoxy) is 1. The van der Waals surface area contributed by atoms with E-state index in [2.05, 4.69) is 25.1 Å². The molecule has 4 aromatic rings. The van der Waals surface area contributed by atoms with Crippen LogP contribution in [0.15, 0.2) is 24.5 Å². The predicted molar refractivity (Wildman–Crippen MR) is 113 cm³/mol. The lowest BCUT2D eigenvalue weighted by Crippen LogP contribution is -2.21. The third-order valence-corrected chi connectivity index (χ3v) is 5.09. The lowest BCUT2D eigenvalue weighted by Gasteiger charge is -2.09. The minimum absolute atomic E-state index is 0.0377. The molecule has 1 atom stereocenters. The first-order valence-electron chi connectivity index (χ1n) is 9.23. The van der Waals surface area contributed by atoms with Crippen molar-refractivity contribution in [2.75, 3.05) is 6.61 Å². The third-order valence-electron chi connectivity index (χ3n) is 4.63. The number of fused-ring (bicyclic) bond motifs is 1. The van der Waals surface area contributed by atoms with Gasteiger partial charge in [0.25, 0.3) is 0 Å². The normalized spacial score (nSPS) is 12.3. The second kappa shape index (κ2) is 8.63. The number of pyridine rings is 1. The molecule has 0 aliphatic heterocycles. The van der Waals surface area contributed by atoms with Gasteiger partial charge in [0.05, 0.1) is 28.2 Å². The molecule has 0 N–H and O–H groups in total. The van der Waals surface area contributed by atoms with Crippen LogP contribution in [0.4, 0.5) is 10.1 Å². The molecular weight excluding hydrogens is 466 g/mol. The zero-order valence-electron chi connectivity index (χ0n) is 16.7. The maximum Gasteiger partial charge on any atom is 0.353 e. The lowest BCUT2D eigenvalue weighted by molar-refractivity contribution is -0.386. The number of nitro groups is 1. The SMILES string of the molecule is Cc1ncccc1-n1nc(OCC(F)Cn2nc(Cl)c3cnc(Cl)nc32)c([N+](=O)[O-])c1C. The van der Waals surface area contributed by atoms with E-state index in [4.69, 9.17) is 27.9 Å². The van der Waals surface area contributed by atoms with Crippen molar-refractivity contribution < 1.29 is 14.1 Å². The molecule has 4 rings (SSSR count). The topological polar surface area (TPSA) is 127 Å². The van der Waals surface area contributed by atoms with Gasteiger partial charge in [0, 0.05) is 12.4 Å². The van der Waals surface area contributed by atoms with Gasteiger partial charge in [-0.25, -0.2) is 18.7 Å². The second-order valence-corrected chi connectivity index (χ2v) is 7.47. The first-order chi connectivity index (χ1) is 15.3. The van der Waals surface area contributed by atoms with Gasteiger partial charge >= 0.3 is 11.6 Å². The van der Waals surface area contributed by atoms with Crippen molar-refractivity contribution in [3.8, 4) is 11.6 Å². The minimum atomic E-state index is -1.60. The standard InChI is InChI=1S/C18H15Cl2FN8O3/c1-9-13(4-3-5-22-9)28-10(2)14(29(30)31)17(26-28)32-8-11(21)7-27-16-12(15(19)25-27)6-23-18(20)24-16/h3-6,11H,7-8H2,1-2H3. The van der Waals surface area contributed by atoms with Crippen molar-refractivity contribution in [3.63, 3.8) is 0 Å². The van der Waals surface area contributed by atoms with E-state index in [0.29, 0.717) is 16.8 Å². The van der Waals surface area contributed by atoms with Gasteiger partial charge in [0.2, 0.25) is 5.28 Å². The Morgan fingerprint density at radius 1 is 1.28 bits per heavy atom. The Labute approximate surface area is 189 Å². The summed E-state index contributed by atoms with van der Waals surface area (Å²) in [6.07, 6.45) is 1.38. The van der Waals surface area contributed by atoms with Crippen LogP contribution in [0.25, 0.3) is 16.7 Å². The molecule has 32 heavy (non-hydrogen) atoms. The van der Waals surface area contributed by atoms with E-state index in [1.807, 2.05) is 0 Å². The zero-order valence-corrected chi connectivity index (χ0v) is 18.2. The third kappa shape index (κ3) is 4.06. The van der Waals surface area contributed by atoms with Crippen molar-refractivity contribution in [1.29, 1.82) is 0 Å². The van der Waals surface area contributed by atoms with Gasteiger partial charge in [-0.15, -0.1) is 5.10 Å². The summed E-state index contributed by atoms with van der Waals surface area (Å²) in [5.41, 5.74) is 1.30. The number of halogens is 3. The largest absolute Gasteiger partial charge is 0.469 e. The van der Waals surface area contributed by atoms with Crippen molar-refractivity contribution >= 4 is 39.9 Å². The Balaban J connectivity index is 1.56. The molecular formula is C18H15Cl2FN8O3. The average Bonchev–Trinajstić information content (AvgIpc) is 3.23. The van der Waals surface area contributed by atoms with Gasteiger partial charge in [-0.1, -0.05) is 11.6 Å². The van der Waals surface area contributed by atoms with Gasteiger partial charge in [0.15, 0.2) is 17.0 Å². The number of aryl methyl sites for hydroxylation is 1. The Hall–Kier alpha value is -3.38. The summed E-state index contributed by atoms with van der Waals surface area (Å²) in [6.45, 7) is 2.49. The number of rotatable bonds is 7. The fourth-order valence-corrected chi connectivity index (χ4v) is 3.50. The molecule has 0 fully saturated rings. The van der Waals surface area contributed by atoms with Crippen LogP contribution in [-0.2, 0) is 6.54 Å². The van der Waals surface area contributed by atoms with Crippen LogP contribution in [0.5, 0.6) is 5.88 Å². The Kier molecular flexibility index (Phi) is 5.89. The summed E-state index contributed by atoms with van der Waals surface area (Å²) in [5, 5.41) is 20.3. The molecule has 0 amide bonds. The summed E-state index contributed by atoms with van der Waals surface area (Å²) in [4.78, 5) is 23.0. The van der Waals surface area contributed by atoms with Crippen molar-refractivity contribution in [3.05, 3.63) is 56.5 Å². The molecule has 0 saturated heterocycles. The average molecular weight is 481 g/mol. The van der Waals surface area contributed by atoms with Crippen molar-refractivity contribution in [1.82, 2.24) is 34.5 Å². The second-order valence-electron chi connectivity index (χ2n) is 6.77. The highest BCUT2D eigenvalue weighted by molar-refractivity contribution is 6.34. The Morgan fingerprint density at radius 2 is 2.06 bits per heavy atom.